The van der Waals surface area contributed by atoms with Crippen LogP contribution in [0.25, 0.3) is 0 Å². The molecule has 0 saturated heterocycles. The standard InChI is InChI=1S/C9H13BrN2/c1-8(10)3-4-9(2,11)5-6-12-7-8/h3-7H,11H2,1-2H3/b4-3-,6-5-,12-7?. The van der Waals surface area contributed by atoms with Crippen LogP contribution in [0, 0.1) is 0 Å². The van der Waals surface area contributed by atoms with Crippen LogP contribution < -0.4 is 5.73 Å². The Labute approximate surface area is 81.4 Å². The fourth-order valence-electron chi connectivity index (χ4n) is 0.833. The quantitative estimate of drug-likeness (QED) is 0.500. The van der Waals surface area contributed by atoms with E-state index in [0.29, 0.717) is 0 Å². The maximum absolute atomic E-state index is 5.90. The molecule has 0 bridgehead atoms. The van der Waals surface area contributed by atoms with Crippen molar-refractivity contribution in [1.82, 2.24) is 0 Å². The summed E-state index contributed by atoms with van der Waals surface area (Å²) in [5, 5.41) is 0. The molecule has 1 aliphatic rings. The number of allylic oxidation sites excluding steroid dienone is 1. The molecular formula is C9H13BrN2. The minimum Gasteiger partial charge on any atom is -0.319 e. The highest BCUT2D eigenvalue weighted by Gasteiger charge is 2.17. The van der Waals surface area contributed by atoms with Crippen LogP contribution in [0.2, 0.25) is 0 Å². The van der Waals surface area contributed by atoms with Crippen LogP contribution in [0.1, 0.15) is 13.8 Å². The smallest absolute Gasteiger partial charge is 0.0760 e. The van der Waals surface area contributed by atoms with E-state index >= 15 is 0 Å². The van der Waals surface area contributed by atoms with E-state index in [0.717, 1.165) is 0 Å². The van der Waals surface area contributed by atoms with Gasteiger partial charge in [0.1, 0.15) is 0 Å². The topological polar surface area (TPSA) is 38.4 Å². The van der Waals surface area contributed by atoms with Crippen molar-refractivity contribution in [2.24, 2.45) is 10.7 Å². The Bertz CT molecular complexity index is 223. The summed E-state index contributed by atoms with van der Waals surface area (Å²) < 4.78 is -0.182. The second kappa shape index (κ2) is 3.15. The lowest BCUT2D eigenvalue weighted by Crippen LogP contribution is -2.32. The van der Waals surface area contributed by atoms with E-state index in [9.17, 15) is 0 Å². The van der Waals surface area contributed by atoms with Gasteiger partial charge in [-0.05, 0) is 19.9 Å². The lowest BCUT2D eigenvalue weighted by atomic mass is 10.00. The second-order valence-electron chi connectivity index (χ2n) is 3.44. The van der Waals surface area contributed by atoms with Crippen LogP contribution in [-0.2, 0) is 0 Å². The molecule has 0 amide bonds. The van der Waals surface area contributed by atoms with Crippen molar-refractivity contribution in [2.75, 3.05) is 0 Å². The first-order valence-electron chi connectivity index (χ1n) is 3.82. The van der Waals surface area contributed by atoms with Crippen molar-refractivity contribution in [1.29, 1.82) is 0 Å². The van der Waals surface area contributed by atoms with E-state index in [1.165, 1.54) is 0 Å². The highest BCUT2D eigenvalue weighted by atomic mass is 79.9. The van der Waals surface area contributed by atoms with Gasteiger partial charge in [0.15, 0.2) is 0 Å². The van der Waals surface area contributed by atoms with Crippen molar-refractivity contribution in [3.8, 4) is 0 Å². The zero-order valence-electron chi connectivity index (χ0n) is 7.29. The first-order valence-corrected chi connectivity index (χ1v) is 4.61. The highest BCUT2D eigenvalue weighted by Crippen LogP contribution is 2.20. The Balaban J connectivity index is 2.97. The molecule has 1 rings (SSSR count). The molecule has 2 nitrogen and oxygen atoms in total. The summed E-state index contributed by atoms with van der Waals surface area (Å²) in [6.07, 6.45) is 9.38. The van der Waals surface area contributed by atoms with Crippen LogP contribution in [0.4, 0.5) is 0 Å². The van der Waals surface area contributed by atoms with Gasteiger partial charge in [0.05, 0.1) is 9.86 Å². The van der Waals surface area contributed by atoms with Crippen molar-refractivity contribution < 1.29 is 0 Å². The van der Waals surface area contributed by atoms with Crippen molar-refractivity contribution in [2.45, 2.75) is 23.7 Å². The Morgan fingerprint density at radius 2 is 1.92 bits per heavy atom. The molecule has 3 heteroatoms. The van der Waals surface area contributed by atoms with Gasteiger partial charge in [0.25, 0.3) is 0 Å². The molecule has 0 aliphatic carbocycles. The van der Waals surface area contributed by atoms with Gasteiger partial charge in [-0.2, -0.15) is 0 Å². The zero-order valence-corrected chi connectivity index (χ0v) is 8.88. The molecule has 2 atom stereocenters. The normalized spacial score (nSPS) is 46.3. The Kier molecular flexibility index (Phi) is 2.54. The summed E-state index contributed by atoms with van der Waals surface area (Å²) in [7, 11) is 0. The maximum atomic E-state index is 5.90. The van der Waals surface area contributed by atoms with Gasteiger partial charge >= 0.3 is 0 Å². The van der Waals surface area contributed by atoms with Gasteiger partial charge in [0.2, 0.25) is 0 Å². The lowest BCUT2D eigenvalue weighted by molar-refractivity contribution is 0.727. The molecule has 1 heterocycles. The predicted molar refractivity (Wildman–Crippen MR) is 56.7 cm³/mol. The largest absolute Gasteiger partial charge is 0.319 e. The van der Waals surface area contributed by atoms with Crippen LogP contribution in [0.15, 0.2) is 29.4 Å². The van der Waals surface area contributed by atoms with Crippen molar-refractivity contribution >= 4 is 22.1 Å². The maximum Gasteiger partial charge on any atom is 0.0760 e. The van der Waals surface area contributed by atoms with E-state index in [1.807, 2.05) is 38.3 Å². The van der Waals surface area contributed by atoms with E-state index in [-0.39, 0.29) is 4.32 Å². The summed E-state index contributed by atoms with van der Waals surface area (Å²) in [5.41, 5.74) is 5.50. The van der Waals surface area contributed by atoms with Crippen LogP contribution >= 0.6 is 15.9 Å². The molecule has 0 spiro atoms. The van der Waals surface area contributed by atoms with Gasteiger partial charge in [-0.3, -0.25) is 4.99 Å². The lowest BCUT2D eigenvalue weighted by Gasteiger charge is -2.19. The molecular weight excluding hydrogens is 216 g/mol. The summed E-state index contributed by atoms with van der Waals surface area (Å²) in [4.78, 5) is 4.10. The van der Waals surface area contributed by atoms with Gasteiger partial charge in [-0.15, -0.1) is 0 Å². The number of nitrogens with zero attached hydrogens (tertiary/aromatic N) is 1. The van der Waals surface area contributed by atoms with E-state index in [2.05, 4.69) is 20.9 Å². The number of rotatable bonds is 0. The fraction of sp³-hybridized carbons (Fsp3) is 0.444. The molecule has 0 aromatic rings. The third-order valence-electron chi connectivity index (χ3n) is 1.62. The summed E-state index contributed by atoms with van der Waals surface area (Å²) in [6.45, 7) is 3.95. The van der Waals surface area contributed by atoms with E-state index in [1.54, 1.807) is 6.20 Å². The molecule has 0 aromatic carbocycles. The Morgan fingerprint density at radius 1 is 1.25 bits per heavy atom. The molecule has 0 fully saturated rings. The summed E-state index contributed by atoms with van der Waals surface area (Å²) >= 11 is 3.50. The highest BCUT2D eigenvalue weighted by molar-refractivity contribution is 9.10. The van der Waals surface area contributed by atoms with E-state index < -0.39 is 5.54 Å². The molecule has 2 unspecified atom stereocenters. The van der Waals surface area contributed by atoms with Crippen LogP contribution in [-0.4, -0.2) is 16.1 Å². The first-order chi connectivity index (χ1) is 5.41. The first kappa shape index (κ1) is 9.68. The number of hydrogen-bond donors (Lipinski definition) is 1. The second-order valence-corrected chi connectivity index (χ2v) is 5.15. The van der Waals surface area contributed by atoms with Crippen LogP contribution in [0.5, 0.6) is 0 Å². The minimum absolute atomic E-state index is 0.182. The van der Waals surface area contributed by atoms with Gasteiger partial charge in [-0.1, -0.05) is 28.1 Å². The number of alkyl halides is 1. The fourth-order valence-corrected chi connectivity index (χ4v) is 1.08. The minimum atomic E-state index is -0.396. The monoisotopic (exact) mass is 228 g/mol. The van der Waals surface area contributed by atoms with Crippen molar-refractivity contribution in [3.63, 3.8) is 0 Å². The third kappa shape index (κ3) is 2.91. The average molecular weight is 229 g/mol. The number of aliphatic imine (C=N–C) groups is 1. The molecule has 12 heavy (non-hydrogen) atoms. The zero-order chi connectivity index (χ0) is 9.24. The van der Waals surface area contributed by atoms with Gasteiger partial charge in [0, 0.05) is 12.4 Å². The summed E-state index contributed by atoms with van der Waals surface area (Å²) in [5.74, 6) is 0. The number of hydrogen-bond acceptors (Lipinski definition) is 2. The molecule has 2 N–H and O–H groups in total. The summed E-state index contributed by atoms with van der Waals surface area (Å²) in [6, 6.07) is 0. The van der Waals surface area contributed by atoms with Gasteiger partial charge < -0.3 is 5.73 Å². The third-order valence-corrected chi connectivity index (χ3v) is 2.08. The molecule has 66 valence electrons. The SMILES string of the molecule is CC1(Br)C=N/C=C\C(C)(N)/C=C\1. The van der Waals surface area contributed by atoms with E-state index in [4.69, 9.17) is 5.73 Å². The molecule has 0 saturated carbocycles. The van der Waals surface area contributed by atoms with Gasteiger partial charge in [-0.25, -0.2) is 0 Å². The molecule has 0 aromatic heterocycles. The molecule has 1 aliphatic heterocycles. The Morgan fingerprint density at radius 3 is 2.58 bits per heavy atom. The number of halogens is 1. The number of nitrogens with two attached hydrogens (primary N) is 1. The average Bonchev–Trinajstić information content (AvgIpc) is 1.94. The van der Waals surface area contributed by atoms with Crippen LogP contribution in [0.3, 0.4) is 0 Å². The molecule has 0 radical (unpaired) electrons. The van der Waals surface area contributed by atoms with Crippen molar-refractivity contribution in [3.05, 3.63) is 24.4 Å². The predicted octanol–water partition coefficient (Wildman–Crippen LogP) is 2.01. The Hall–Kier alpha value is -0.410.